The van der Waals surface area contributed by atoms with Crippen molar-refractivity contribution < 1.29 is 23.5 Å². The predicted molar refractivity (Wildman–Crippen MR) is 119 cm³/mol. The molecule has 168 valence electrons. The van der Waals surface area contributed by atoms with Crippen molar-refractivity contribution in [1.82, 2.24) is 15.2 Å². The fourth-order valence-corrected chi connectivity index (χ4v) is 3.99. The Morgan fingerprint density at radius 2 is 2.00 bits per heavy atom. The number of carbonyl (C=O) groups excluding carboxylic acids is 2. The normalized spacial score (nSPS) is 15.9. The molecule has 1 N–H and O–H groups in total. The number of hydrogen-bond acceptors (Lipinski definition) is 6. The number of likely N-dealkylation sites (tertiary alicyclic amines) is 1. The Morgan fingerprint density at radius 1 is 1.19 bits per heavy atom. The van der Waals surface area contributed by atoms with Crippen molar-refractivity contribution in [2.75, 3.05) is 33.9 Å². The monoisotopic (exact) mass is 437 g/mol. The molecule has 32 heavy (non-hydrogen) atoms. The highest BCUT2D eigenvalue weighted by molar-refractivity contribution is 5.97. The minimum Gasteiger partial charge on any atom is -0.493 e. The molecule has 0 saturated carbocycles. The van der Waals surface area contributed by atoms with E-state index in [-0.39, 0.29) is 17.7 Å². The summed E-state index contributed by atoms with van der Waals surface area (Å²) in [5.74, 6) is 1.96. The van der Waals surface area contributed by atoms with Crippen LogP contribution >= 0.6 is 0 Å². The Morgan fingerprint density at radius 3 is 2.72 bits per heavy atom. The topological polar surface area (TPSA) is 93.9 Å². The standard InChI is InChI=1S/C24H27N3O5/c1-4-27-14-16(11-23(27)28)13-25-24(29)17-6-7-18-20(12-17)32-22(26-18)10-15-5-8-19(30-2)21(9-15)31-3/h5-9,12,16H,4,10-11,13-14H2,1-3H3,(H,25,29). The zero-order valence-electron chi connectivity index (χ0n) is 18.5. The Kier molecular flexibility index (Phi) is 6.30. The van der Waals surface area contributed by atoms with Gasteiger partial charge >= 0.3 is 0 Å². The number of fused-ring (bicyclic) bond motifs is 1. The SMILES string of the molecule is CCN1CC(CNC(=O)c2ccc3nc(Cc4ccc(OC)c(OC)c4)oc3c2)CC1=O. The molecule has 2 amide bonds. The summed E-state index contributed by atoms with van der Waals surface area (Å²) in [4.78, 5) is 30.8. The van der Waals surface area contributed by atoms with Crippen LogP contribution in [0.1, 0.15) is 35.2 Å². The molecule has 1 fully saturated rings. The second-order valence-corrected chi connectivity index (χ2v) is 7.87. The molecule has 0 aliphatic carbocycles. The van der Waals surface area contributed by atoms with E-state index in [1.807, 2.05) is 30.0 Å². The van der Waals surface area contributed by atoms with Crippen molar-refractivity contribution in [3.05, 3.63) is 53.4 Å². The number of rotatable bonds is 8. The van der Waals surface area contributed by atoms with E-state index in [9.17, 15) is 9.59 Å². The van der Waals surface area contributed by atoms with Crippen molar-refractivity contribution in [1.29, 1.82) is 0 Å². The van der Waals surface area contributed by atoms with Gasteiger partial charge in [0, 0.05) is 44.0 Å². The number of amides is 2. The quantitative estimate of drug-likeness (QED) is 0.582. The first-order chi connectivity index (χ1) is 15.5. The van der Waals surface area contributed by atoms with E-state index >= 15 is 0 Å². The first-order valence-corrected chi connectivity index (χ1v) is 10.7. The lowest BCUT2D eigenvalue weighted by atomic mass is 10.1. The average Bonchev–Trinajstić information content (AvgIpc) is 3.38. The van der Waals surface area contributed by atoms with Crippen LogP contribution in [0.4, 0.5) is 0 Å². The Hall–Kier alpha value is -3.55. The summed E-state index contributed by atoms with van der Waals surface area (Å²) < 4.78 is 16.5. The van der Waals surface area contributed by atoms with Crippen LogP contribution in [0.15, 0.2) is 40.8 Å². The van der Waals surface area contributed by atoms with Gasteiger partial charge < -0.3 is 24.1 Å². The van der Waals surface area contributed by atoms with Crippen molar-refractivity contribution >= 4 is 22.9 Å². The molecule has 1 aliphatic rings. The number of ether oxygens (including phenoxy) is 2. The summed E-state index contributed by atoms with van der Waals surface area (Å²) in [6.07, 6.45) is 0.967. The average molecular weight is 437 g/mol. The van der Waals surface area contributed by atoms with Crippen molar-refractivity contribution in [3.63, 3.8) is 0 Å². The van der Waals surface area contributed by atoms with E-state index < -0.39 is 0 Å². The van der Waals surface area contributed by atoms with Gasteiger partial charge in [-0.2, -0.15) is 0 Å². The largest absolute Gasteiger partial charge is 0.493 e. The molecule has 0 bridgehead atoms. The first kappa shape index (κ1) is 21.7. The first-order valence-electron chi connectivity index (χ1n) is 10.7. The molecule has 3 aromatic rings. The van der Waals surface area contributed by atoms with Gasteiger partial charge in [0.1, 0.15) is 5.52 Å². The van der Waals surface area contributed by atoms with Crippen molar-refractivity contribution in [3.8, 4) is 11.5 Å². The van der Waals surface area contributed by atoms with Gasteiger partial charge in [-0.1, -0.05) is 6.07 Å². The summed E-state index contributed by atoms with van der Waals surface area (Å²) in [6, 6.07) is 10.9. The number of oxazole rings is 1. The zero-order valence-corrected chi connectivity index (χ0v) is 18.5. The molecule has 1 aliphatic heterocycles. The van der Waals surface area contributed by atoms with Gasteiger partial charge in [-0.25, -0.2) is 4.98 Å². The molecule has 1 atom stereocenters. The minimum atomic E-state index is -0.188. The Bertz CT molecular complexity index is 1140. The molecule has 4 rings (SSSR count). The summed E-state index contributed by atoms with van der Waals surface area (Å²) in [5.41, 5.74) is 2.72. The molecular weight excluding hydrogens is 410 g/mol. The van der Waals surface area contributed by atoms with Gasteiger partial charge in [-0.3, -0.25) is 9.59 Å². The van der Waals surface area contributed by atoms with E-state index in [2.05, 4.69) is 10.3 Å². The van der Waals surface area contributed by atoms with Crippen LogP contribution < -0.4 is 14.8 Å². The van der Waals surface area contributed by atoms with Crippen LogP contribution in [-0.2, 0) is 11.2 Å². The van der Waals surface area contributed by atoms with Crippen LogP contribution in [0, 0.1) is 5.92 Å². The third kappa shape index (κ3) is 4.54. The van der Waals surface area contributed by atoms with Gasteiger partial charge in [0.2, 0.25) is 5.91 Å². The fraction of sp³-hybridized carbons (Fsp3) is 0.375. The Labute approximate surface area is 186 Å². The molecule has 8 nitrogen and oxygen atoms in total. The maximum Gasteiger partial charge on any atom is 0.251 e. The van der Waals surface area contributed by atoms with Crippen LogP contribution in [0.3, 0.4) is 0 Å². The maximum atomic E-state index is 12.6. The Balaban J connectivity index is 1.42. The number of aromatic nitrogens is 1. The van der Waals surface area contributed by atoms with Gasteiger partial charge in [-0.15, -0.1) is 0 Å². The predicted octanol–water partition coefficient (Wildman–Crippen LogP) is 3.03. The number of methoxy groups -OCH3 is 2. The van der Waals surface area contributed by atoms with Crippen molar-refractivity contribution in [2.45, 2.75) is 19.8 Å². The smallest absolute Gasteiger partial charge is 0.251 e. The molecule has 2 aromatic carbocycles. The van der Waals surface area contributed by atoms with Crippen molar-refractivity contribution in [2.24, 2.45) is 5.92 Å². The van der Waals surface area contributed by atoms with Crippen LogP contribution in [-0.4, -0.2) is 55.6 Å². The van der Waals surface area contributed by atoms with E-state index in [1.54, 1.807) is 32.4 Å². The number of hydrogen-bond donors (Lipinski definition) is 1. The van der Waals surface area contributed by atoms with Gasteiger partial charge in [0.25, 0.3) is 5.91 Å². The van der Waals surface area contributed by atoms with E-state index in [0.717, 1.165) is 5.56 Å². The highest BCUT2D eigenvalue weighted by atomic mass is 16.5. The molecule has 1 saturated heterocycles. The third-order valence-corrected chi connectivity index (χ3v) is 5.73. The lowest BCUT2D eigenvalue weighted by Gasteiger charge is -2.14. The van der Waals surface area contributed by atoms with Crippen LogP contribution in [0.2, 0.25) is 0 Å². The van der Waals surface area contributed by atoms with E-state index in [1.165, 1.54) is 0 Å². The second-order valence-electron chi connectivity index (χ2n) is 7.87. The summed E-state index contributed by atoms with van der Waals surface area (Å²) in [5, 5.41) is 2.94. The lowest BCUT2D eigenvalue weighted by Crippen LogP contribution is -2.31. The van der Waals surface area contributed by atoms with Gasteiger partial charge in [-0.05, 0) is 42.8 Å². The number of nitrogens with one attached hydrogen (secondary N) is 1. The molecule has 0 spiro atoms. The highest BCUT2D eigenvalue weighted by Crippen LogP contribution is 2.29. The zero-order chi connectivity index (χ0) is 22.7. The summed E-state index contributed by atoms with van der Waals surface area (Å²) >= 11 is 0. The molecule has 1 unspecified atom stereocenters. The number of carbonyl (C=O) groups is 2. The number of benzene rings is 2. The summed E-state index contributed by atoms with van der Waals surface area (Å²) in [7, 11) is 3.19. The number of nitrogens with zero attached hydrogens (tertiary/aromatic N) is 2. The van der Waals surface area contributed by atoms with E-state index in [0.29, 0.717) is 66.5 Å². The van der Waals surface area contributed by atoms with Gasteiger partial charge in [0.05, 0.1) is 14.2 Å². The molecule has 2 heterocycles. The molecule has 8 heteroatoms. The molecule has 1 aromatic heterocycles. The van der Waals surface area contributed by atoms with Crippen LogP contribution in [0.5, 0.6) is 11.5 Å². The van der Waals surface area contributed by atoms with E-state index in [4.69, 9.17) is 13.9 Å². The third-order valence-electron chi connectivity index (χ3n) is 5.73. The van der Waals surface area contributed by atoms with Crippen LogP contribution in [0.25, 0.3) is 11.1 Å². The maximum absolute atomic E-state index is 12.6. The summed E-state index contributed by atoms with van der Waals surface area (Å²) in [6.45, 7) is 3.83. The van der Waals surface area contributed by atoms with Gasteiger partial charge in [0.15, 0.2) is 23.0 Å². The highest BCUT2D eigenvalue weighted by Gasteiger charge is 2.28. The molecular formula is C24H27N3O5. The minimum absolute atomic E-state index is 0.147. The fourth-order valence-electron chi connectivity index (χ4n) is 3.99. The second kappa shape index (κ2) is 9.30. The lowest BCUT2D eigenvalue weighted by molar-refractivity contribution is -0.127. The molecule has 0 radical (unpaired) electrons.